The molecule has 0 aromatic carbocycles. The van der Waals surface area contributed by atoms with E-state index in [9.17, 15) is 0 Å². The summed E-state index contributed by atoms with van der Waals surface area (Å²) in [6.07, 6.45) is 8.98. The molecule has 3 rings (SSSR count). The van der Waals surface area contributed by atoms with Gasteiger partial charge in [-0.05, 0) is 44.7 Å². The van der Waals surface area contributed by atoms with E-state index < -0.39 is 0 Å². The summed E-state index contributed by atoms with van der Waals surface area (Å²) in [6.45, 7) is 6.13. The molecule has 0 radical (unpaired) electrons. The lowest BCUT2D eigenvalue weighted by atomic mass is 9.96. The van der Waals surface area contributed by atoms with Crippen molar-refractivity contribution in [1.82, 2.24) is 14.9 Å². The Morgan fingerprint density at radius 3 is 2.40 bits per heavy atom. The van der Waals surface area contributed by atoms with Crippen LogP contribution in [0.3, 0.4) is 0 Å². The van der Waals surface area contributed by atoms with Crippen molar-refractivity contribution in [2.45, 2.75) is 31.6 Å². The van der Waals surface area contributed by atoms with Crippen molar-refractivity contribution in [3.8, 4) is 0 Å². The number of likely N-dealkylation sites (tertiary alicyclic amines) is 1. The van der Waals surface area contributed by atoms with Crippen LogP contribution in [0, 0.1) is 5.92 Å². The summed E-state index contributed by atoms with van der Waals surface area (Å²) in [5.41, 5.74) is 0.847. The van der Waals surface area contributed by atoms with E-state index in [4.69, 9.17) is 11.6 Å². The molecule has 5 heteroatoms. The molecule has 0 amide bonds. The van der Waals surface area contributed by atoms with Crippen molar-refractivity contribution in [3.63, 3.8) is 0 Å². The van der Waals surface area contributed by atoms with E-state index in [0.717, 1.165) is 30.5 Å². The second-order valence-electron chi connectivity index (χ2n) is 5.94. The van der Waals surface area contributed by atoms with Gasteiger partial charge >= 0.3 is 0 Å². The minimum absolute atomic E-state index is 0.436. The maximum Gasteiger partial charge on any atom is 0.147 e. The third-order valence-electron chi connectivity index (χ3n) is 4.48. The molecule has 2 aliphatic heterocycles. The quantitative estimate of drug-likeness (QED) is 0.799. The molecule has 0 spiro atoms. The lowest BCUT2D eigenvalue weighted by molar-refractivity contribution is 0.249. The SMILES string of the molecule is ClCc1cnc(N2CCC(CN3CCCC3)CC2)cn1. The monoisotopic (exact) mass is 294 g/mol. The van der Waals surface area contributed by atoms with Crippen molar-refractivity contribution in [3.05, 3.63) is 18.1 Å². The molecular weight excluding hydrogens is 272 g/mol. The van der Waals surface area contributed by atoms with Crippen molar-refractivity contribution in [2.24, 2.45) is 5.92 Å². The Labute approximate surface area is 126 Å². The largest absolute Gasteiger partial charge is 0.355 e. The maximum absolute atomic E-state index is 5.74. The first-order valence-corrected chi connectivity index (χ1v) is 8.23. The highest BCUT2D eigenvalue weighted by Crippen LogP contribution is 2.23. The van der Waals surface area contributed by atoms with Gasteiger partial charge in [0.2, 0.25) is 0 Å². The average Bonchev–Trinajstić information content (AvgIpc) is 3.01. The van der Waals surface area contributed by atoms with Crippen LogP contribution < -0.4 is 4.90 Å². The van der Waals surface area contributed by atoms with E-state index in [1.54, 1.807) is 6.20 Å². The number of alkyl halides is 1. The fourth-order valence-corrected chi connectivity index (χ4v) is 3.39. The fraction of sp³-hybridized carbons (Fsp3) is 0.733. The molecule has 0 unspecified atom stereocenters. The van der Waals surface area contributed by atoms with Gasteiger partial charge in [-0.1, -0.05) is 0 Å². The van der Waals surface area contributed by atoms with Gasteiger partial charge in [-0.3, -0.25) is 4.98 Å². The Morgan fingerprint density at radius 1 is 1.05 bits per heavy atom. The van der Waals surface area contributed by atoms with Crippen molar-refractivity contribution < 1.29 is 0 Å². The van der Waals surface area contributed by atoms with Crippen LogP contribution in [-0.4, -0.2) is 47.6 Å². The molecule has 1 aromatic heterocycles. The van der Waals surface area contributed by atoms with E-state index in [-0.39, 0.29) is 0 Å². The molecule has 0 aliphatic carbocycles. The first-order valence-electron chi connectivity index (χ1n) is 7.69. The highest BCUT2D eigenvalue weighted by molar-refractivity contribution is 6.16. The zero-order valence-corrected chi connectivity index (χ0v) is 12.7. The summed E-state index contributed by atoms with van der Waals surface area (Å²) in [7, 11) is 0. The summed E-state index contributed by atoms with van der Waals surface area (Å²) in [5, 5.41) is 0. The zero-order valence-electron chi connectivity index (χ0n) is 12.0. The van der Waals surface area contributed by atoms with Gasteiger partial charge in [-0.15, -0.1) is 11.6 Å². The van der Waals surface area contributed by atoms with Crippen LogP contribution in [0.25, 0.3) is 0 Å². The molecule has 0 atom stereocenters. The van der Waals surface area contributed by atoms with Crippen LogP contribution in [0.5, 0.6) is 0 Å². The highest BCUT2D eigenvalue weighted by Gasteiger charge is 2.23. The Balaban J connectivity index is 1.49. The summed E-state index contributed by atoms with van der Waals surface area (Å²) in [4.78, 5) is 13.8. The summed E-state index contributed by atoms with van der Waals surface area (Å²) >= 11 is 5.74. The molecule has 4 nitrogen and oxygen atoms in total. The molecule has 2 fully saturated rings. The van der Waals surface area contributed by atoms with Crippen molar-refractivity contribution in [1.29, 1.82) is 0 Å². The lowest BCUT2D eigenvalue weighted by Crippen LogP contribution is -2.38. The Kier molecular flexibility index (Phi) is 4.73. The summed E-state index contributed by atoms with van der Waals surface area (Å²) < 4.78 is 0. The predicted molar refractivity (Wildman–Crippen MR) is 82.2 cm³/mol. The number of hydrogen-bond donors (Lipinski definition) is 0. The minimum Gasteiger partial charge on any atom is -0.355 e. The second kappa shape index (κ2) is 6.72. The van der Waals surface area contributed by atoms with Crippen LogP contribution in [0.1, 0.15) is 31.4 Å². The van der Waals surface area contributed by atoms with Crippen LogP contribution in [0.4, 0.5) is 5.82 Å². The van der Waals surface area contributed by atoms with Gasteiger partial charge in [0.15, 0.2) is 0 Å². The van der Waals surface area contributed by atoms with Crippen LogP contribution in [0.15, 0.2) is 12.4 Å². The van der Waals surface area contributed by atoms with Gasteiger partial charge in [0.25, 0.3) is 0 Å². The third-order valence-corrected chi connectivity index (χ3v) is 4.76. The van der Waals surface area contributed by atoms with Crippen molar-refractivity contribution in [2.75, 3.05) is 37.6 Å². The number of anilines is 1. The van der Waals surface area contributed by atoms with Gasteiger partial charge in [-0.25, -0.2) is 4.98 Å². The van der Waals surface area contributed by atoms with E-state index in [0.29, 0.717) is 5.88 Å². The first-order chi connectivity index (χ1) is 9.85. The number of nitrogens with zero attached hydrogens (tertiary/aromatic N) is 4. The molecule has 1 aromatic rings. The standard InChI is InChI=1S/C15H23ClN4/c16-9-14-10-18-15(11-17-14)20-7-3-13(4-8-20)12-19-5-1-2-6-19/h10-11,13H,1-9,12H2. The Hall–Kier alpha value is -0.870. The zero-order chi connectivity index (χ0) is 13.8. The molecule has 0 bridgehead atoms. The number of aromatic nitrogens is 2. The molecule has 0 saturated carbocycles. The van der Waals surface area contributed by atoms with Gasteiger partial charge in [0.05, 0.1) is 24.0 Å². The third kappa shape index (κ3) is 3.41. The second-order valence-corrected chi connectivity index (χ2v) is 6.20. The maximum atomic E-state index is 5.74. The van der Waals surface area contributed by atoms with Gasteiger partial charge in [0.1, 0.15) is 5.82 Å². The van der Waals surface area contributed by atoms with Gasteiger partial charge in [-0.2, -0.15) is 0 Å². The molecule has 2 aliphatic rings. The summed E-state index contributed by atoms with van der Waals surface area (Å²) in [5.74, 6) is 2.29. The minimum atomic E-state index is 0.436. The van der Waals surface area contributed by atoms with Crippen molar-refractivity contribution >= 4 is 17.4 Å². The van der Waals surface area contributed by atoms with E-state index in [1.807, 2.05) is 6.20 Å². The van der Waals surface area contributed by atoms with E-state index >= 15 is 0 Å². The molecule has 110 valence electrons. The number of hydrogen-bond acceptors (Lipinski definition) is 4. The average molecular weight is 295 g/mol. The molecule has 2 saturated heterocycles. The molecule has 3 heterocycles. The van der Waals surface area contributed by atoms with Gasteiger partial charge < -0.3 is 9.80 Å². The topological polar surface area (TPSA) is 32.3 Å². The first kappa shape index (κ1) is 14.1. The van der Waals surface area contributed by atoms with Gasteiger partial charge in [0, 0.05) is 19.6 Å². The molecule has 0 N–H and O–H groups in total. The smallest absolute Gasteiger partial charge is 0.147 e. The van der Waals surface area contributed by atoms with Crippen LogP contribution in [0.2, 0.25) is 0 Å². The number of piperidine rings is 1. The van der Waals surface area contributed by atoms with Crippen LogP contribution >= 0.6 is 11.6 Å². The molecular formula is C15H23ClN4. The summed E-state index contributed by atoms with van der Waals surface area (Å²) in [6, 6.07) is 0. The number of halogens is 1. The van der Waals surface area contributed by atoms with E-state index in [1.165, 1.54) is 45.3 Å². The fourth-order valence-electron chi connectivity index (χ4n) is 3.26. The lowest BCUT2D eigenvalue weighted by Gasteiger charge is -2.34. The number of rotatable bonds is 4. The Morgan fingerprint density at radius 2 is 1.80 bits per heavy atom. The highest BCUT2D eigenvalue weighted by atomic mass is 35.5. The normalized spacial score (nSPS) is 21.6. The Bertz CT molecular complexity index is 408. The van der Waals surface area contributed by atoms with Crippen LogP contribution in [-0.2, 0) is 5.88 Å². The molecule has 20 heavy (non-hydrogen) atoms. The predicted octanol–water partition coefficient (Wildman–Crippen LogP) is 2.53. The van der Waals surface area contributed by atoms with E-state index in [2.05, 4.69) is 19.8 Å².